The van der Waals surface area contributed by atoms with Crippen molar-refractivity contribution in [2.24, 2.45) is 5.92 Å². The van der Waals surface area contributed by atoms with Crippen molar-refractivity contribution in [1.29, 1.82) is 0 Å². The highest BCUT2D eigenvalue weighted by Gasteiger charge is 2.23. The Hall–Kier alpha value is -3.19. The third kappa shape index (κ3) is 6.90. The van der Waals surface area contributed by atoms with Crippen molar-refractivity contribution in [2.45, 2.75) is 13.8 Å². The minimum Gasteiger partial charge on any atom is -0.496 e. The SMILES string of the molecule is COc1ccccc1/C=C/CN(CCN1CCN(C(=O)c2ccc(F)cc2)CC1)C(=O)C(C)C. The number of ether oxygens (including phenoxy) is 1. The molecule has 0 unspecified atom stereocenters. The van der Waals surface area contributed by atoms with Crippen molar-refractivity contribution in [2.75, 3.05) is 52.9 Å². The molecule has 6 nitrogen and oxygen atoms in total. The molecule has 3 rings (SSSR count). The number of rotatable bonds is 9. The van der Waals surface area contributed by atoms with Crippen molar-refractivity contribution >= 4 is 17.9 Å². The zero-order valence-corrected chi connectivity index (χ0v) is 20.2. The summed E-state index contributed by atoms with van der Waals surface area (Å²) in [5.74, 6) is 0.422. The highest BCUT2D eigenvalue weighted by molar-refractivity contribution is 5.94. The Balaban J connectivity index is 1.52. The van der Waals surface area contributed by atoms with Gasteiger partial charge in [0.25, 0.3) is 5.91 Å². The van der Waals surface area contributed by atoms with Crippen LogP contribution in [0.15, 0.2) is 54.6 Å². The van der Waals surface area contributed by atoms with Gasteiger partial charge in [-0.05, 0) is 30.3 Å². The zero-order valence-electron chi connectivity index (χ0n) is 20.2. The molecule has 2 amide bonds. The second-order valence-electron chi connectivity index (χ2n) is 8.72. The van der Waals surface area contributed by atoms with E-state index in [1.165, 1.54) is 24.3 Å². The van der Waals surface area contributed by atoms with E-state index in [0.717, 1.165) is 30.9 Å². The van der Waals surface area contributed by atoms with Gasteiger partial charge in [0.2, 0.25) is 5.91 Å². The fourth-order valence-electron chi connectivity index (χ4n) is 3.98. The molecule has 1 heterocycles. The average Bonchev–Trinajstić information content (AvgIpc) is 2.86. The first-order valence-corrected chi connectivity index (χ1v) is 11.7. The summed E-state index contributed by atoms with van der Waals surface area (Å²) in [5.41, 5.74) is 1.48. The van der Waals surface area contributed by atoms with Crippen molar-refractivity contribution in [3.8, 4) is 5.75 Å². The van der Waals surface area contributed by atoms with E-state index >= 15 is 0 Å². The number of carbonyl (C=O) groups excluding carboxylic acids is 2. The average molecular weight is 468 g/mol. The Bertz CT molecular complexity index is 983. The molecule has 34 heavy (non-hydrogen) atoms. The number of nitrogens with zero attached hydrogens (tertiary/aromatic N) is 3. The molecule has 182 valence electrons. The quantitative estimate of drug-likeness (QED) is 0.563. The zero-order chi connectivity index (χ0) is 24.5. The van der Waals surface area contributed by atoms with Gasteiger partial charge in [0.05, 0.1) is 7.11 Å². The smallest absolute Gasteiger partial charge is 0.253 e. The van der Waals surface area contributed by atoms with Gasteiger partial charge in [0.1, 0.15) is 11.6 Å². The standard InChI is InChI=1S/C27H34FN3O3/c1-21(2)26(32)30(14-6-8-22-7-4-5-9-25(22)34-3)18-15-29-16-19-31(20-17-29)27(33)23-10-12-24(28)13-11-23/h4-13,21H,14-20H2,1-3H3/b8-6+. The Morgan fingerprint density at radius 3 is 2.38 bits per heavy atom. The molecule has 0 bridgehead atoms. The van der Waals surface area contributed by atoms with E-state index in [0.29, 0.717) is 31.7 Å². The normalized spacial score (nSPS) is 14.6. The van der Waals surface area contributed by atoms with Crippen LogP contribution in [-0.2, 0) is 4.79 Å². The van der Waals surface area contributed by atoms with Crippen LogP contribution in [0.25, 0.3) is 6.08 Å². The molecular formula is C27H34FN3O3. The van der Waals surface area contributed by atoms with Crippen LogP contribution in [-0.4, -0.2) is 79.4 Å². The summed E-state index contributed by atoms with van der Waals surface area (Å²) in [6.07, 6.45) is 3.98. The van der Waals surface area contributed by atoms with Gasteiger partial charge in [-0.1, -0.05) is 44.2 Å². The highest BCUT2D eigenvalue weighted by atomic mass is 19.1. The fourth-order valence-corrected chi connectivity index (χ4v) is 3.98. The third-order valence-electron chi connectivity index (χ3n) is 6.00. The number of halogens is 1. The van der Waals surface area contributed by atoms with Gasteiger partial charge in [0.15, 0.2) is 0 Å². The van der Waals surface area contributed by atoms with Crippen molar-refractivity contribution in [3.05, 3.63) is 71.6 Å². The first-order chi connectivity index (χ1) is 16.4. The number of piperazine rings is 1. The number of methoxy groups -OCH3 is 1. The fraction of sp³-hybridized carbons (Fsp3) is 0.407. The molecule has 0 saturated carbocycles. The molecule has 1 aliphatic rings. The van der Waals surface area contributed by atoms with Crippen molar-refractivity contribution in [3.63, 3.8) is 0 Å². The van der Waals surface area contributed by atoms with E-state index in [4.69, 9.17) is 4.74 Å². The number of amides is 2. The van der Waals surface area contributed by atoms with Crippen LogP contribution >= 0.6 is 0 Å². The van der Waals surface area contributed by atoms with Crippen LogP contribution < -0.4 is 4.74 Å². The van der Waals surface area contributed by atoms with Crippen molar-refractivity contribution in [1.82, 2.24) is 14.7 Å². The molecule has 2 aromatic carbocycles. The van der Waals surface area contributed by atoms with Crippen LogP contribution in [0.1, 0.15) is 29.8 Å². The number of hydrogen-bond acceptors (Lipinski definition) is 4. The lowest BCUT2D eigenvalue weighted by Crippen LogP contribution is -2.50. The molecule has 7 heteroatoms. The summed E-state index contributed by atoms with van der Waals surface area (Å²) in [6, 6.07) is 13.5. The Morgan fingerprint density at radius 1 is 1.06 bits per heavy atom. The third-order valence-corrected chi connectivity index (χ3v) is 6.00. The predicted molar refractivity (Wildman–Crippen MR) is 132 cm³/mol. The summed E-state index contributed by atoms with van der Waals surface area (Å²) in [4.78, 5) is 31.4. The van der Waals surface area contributed by atoms with Gasteiger partial charge in [-0.15, -0.1) is 0 Å². The second kappa shape index (κ2) is 12.3. The lowest BCUT2D eigenvalue weighted by atomic mass is 10.1. The predicted octanol–water partition coefficient (Wildman–Crippen LogP) is 3.79. The van der Waals surface area contributed by atoms with E-state index < -0.39 is 0 Å². The van der Waals surface area contributed by atoms with Crippen LogP contribution in [0.2, 0.25) is 0 Å². The minimum atomic E-state index is -0.348. The number of carbonyl (C=O) groups is 2. The first kappa shape index (κ1) is 25.4. The topological polar surface area (TPSA) is 53.1 Å². The number of para-hydroxylation sites is 1. The number of hydrogen-bond donors (Lipinski definition) is 0. The maximum atomic E-state index is 13.1. The monoisotopic (exact) mass is 467 g/mol. The van der Waals surface area contributed by atoms with E-state index in [1.807, 2.05) is 55.2 Å². The summed E-state index contributed by atoms with van der Waals surface area (Å²) < 4.78 is 18.5. The van der Waals surface area contributed by atoms with Gasteiger partial charge in [-0.3, -0.25) is 14.5 Å². The minimum absolute atomic E-state index is 0.0715. The number of benzene rings is 2. The Kier molecular flexibility index (Phi) is 9.22. The molecule has 1 saturated heterocycles. The highest BCUT2D eigenvalue weighted by Crippen LogP contribution is 2.18. The van der Waals surface area contributed by atoms with Crippen LogP contribution in [0.5, 0.6) is 5.75 Å². The molecule has 2 aromatic rings. The summed E-state index contributed by atoms with van der Waals surface area (Å²) in [6.45, 7) is 8.44. The maximum absolute atomic E-state index is 13.1. The molecule has 0 atom stereocenters. The van der Waals surface area contributed by atoms with E-state index in [-0.39, 0.29) is 23.5 Å². The first-order valence-electron chi connectivity index (χ1n) is 11.7. The van der Waals surface area contributed by atoms with E-state index in [9.17, 15) is 14.0 Å². The van der Waals surface area contributed by atoms with Gasteiger partial charge >= 0.3 is 0 Å². The van der Waals surface area contributed by atoms with Crippen LogP contribution in [0, 0.1) is 11.7 Å². The van der Waals surface area contributed by atoms with Crippen LogP contribution in [0.4, 0.5) is 4.39 Å². The second-order valence-corrected chi connectivity index (χ2v) is 8.72. The van der Waals surface area contributed by atoms with E-state index in [2.05, 4.69) is 4.90 Å². The molecule has 0 radical (unpaired) electrons. The Morgan fingerprint density at radius 2 is 1.74 bits per heavy atom. The van der Waals surface area contributed by atoms with Crippen LogP contribution in [0.3, 0.4) is 0 Å². The van der Waals surface area contributed by atoms with Gasteiger partial charge in [-0.2, -0.15) is 0 Å². The summed E-state index contributed by atoms with van der Waals surface area (Å²) >= 11 is 0. The maximum Gasteiger partial charge on any atom is 0.253 e. The van der Waals surface area contributed by atoms with Gasteiger partial charge in [0, 0.05) is 62.9 Å². The molecule has 0 spiro atoms. The molecule has 0 aromatic heterocycles. The summed E-state index contributed by atoms with van der Waals surface area (Å²) in [7, 11) is 1.65. The Labute approximate surface area is 201 Å². The summed E-state index contributed by atoms with van der Waals surface area (Å²) in [5, 5.41) is 0. The van der Waals surface area contributed by atoms with Crippen molar-refractivity contribution < 1.29 is 18.7 Å². The lowest BCUT2D eigenvalue weighted by Gasteiger charge is -2.36. The van der Waals surface area contributed by atoms with Gasteiger partial charge in [-0.25, -0.2) is 4.39 Å². The molecule has 1 aliphatic heterocycles. The molecule has 0 aliphatic carbocycles. The lowest BCUT2D eigenvalue weighted by molar-refractivity contribution is -0.134. The molecule has 1 fully saturated rings. The largest absolute Gasteiger partial charge is 0.496 e. The molecule has 0 N–H and O–H groups in total. The van der Waals surface area contributed by atoms with Gasteiger partial charge < -0.3 is 14.5 Å². The molecular weight excluding hydrogens is 433 g/mol. The van der Waals surface area contributed by atoms with E-state index in [1.54, 1.807) is 12.0 Å².